The second-order valence-electron chi connectivity index (χ2n) is 5.02. The van der Waals surface area contributed by atoms with Gasteiger partial charge in [0, 0.05) is 10.9 Å². The average molecular weight is 285 g/mol. The van der Waals surface area contributed by atoms with E-state index in [2.05, 4.69) is 66.8 Å². The zero-order valence-electron chi connectivity index (χ0n) is 12.3. The monoisotopic (exact) mass is 285 g/mol. The summed E-state index contributed by atoms with van der Waals surface area (Å²) in [5.74, 6) is 1.18. The van der Waals surface area contributed by atoms with E-state index in [4.69, 9.17) is 0 Å². The standard InChI is InChI=1S/C18H23NS/c1-15(19-2)17-10-12-18(13-11-17)20-14-6-9-16-7-4-3-5-8-16/h3-5,7-8,10-13,15,19H,6,9,14H2,1-2H3. The van der Waals surface area contributed by atoms with Crippen LogP contribution in [0, 0.1) is 0 Å². The molecule has 20 heavy (non-hydrogen) atoms. The molecule has 0 heterocycles. The molecule has 2 heteroatoms. The summed E-state index contributed by atoms with van der Waals surface area (Å²) in [5, 5.41) is 3.26. The fraction of sp³-hybridized carbons (Fsp3) is 0.333. The number of nitrogens with one attached hydrogen (secondary N) is 1. The van der Waals surface area contributed by atoms with Crippen molar-refractivity contribution in [2.24, 2.45) is 0 Å². The van der Waals surface area contributed by atoms with Crippen LogP contribution in [0.15, 0.2) is 59.5 Å². The van der Waals surface area contributed by atoms with Crippen LogP contribution in [0.5, 0.6) is 0 Å². The Labute approximate surface area is 126 Å². The lowest BCUT2D eigenvalue weighted by molar-refractivity contribution is 0.652. The van der Waals surface area contributed by atoms with E-state index in [-0.39, 0.29) is 0 Å². The van der Waals surface area contributed by atoms with Crippen LogP contribution in [0.3, 0.4) is 0 Å². The van der Waals surface area contributed by atoms with Crippen molar-refractivity contribution in [1.29, 1.82) is 0 Å². The highest BCUT2D eigenvalue weighted by Gasteiger charge is 2.02. The summed E-state index contributed by atoms with van der Waals surface area (Å²) in [6.45, 7) is 2.18. The van der Waals surface area contributed by atoms with Crippen LogP contribution in [0.1, 0.15) is 30.5 Å². The van der Waals surface area contributed by atoms with Gasteiger partial charge in [0.1, 0.15) is 0 Å². The molecule has 2 aromatic rings. The van der Waals surface area contributed by atoms with E-state index in [1.807, 2.05) is 18.8 Å². The first kappa shape index (κ1) is 15.1. The van der Waals surface area contributed by atoms with E-state index in [0.717, 1.165) is 0 Å². The predicted octanol–water partition coefficient (Wildman–Crippen LogP) is 4.69. The highest BCUT2D eigenvalue weighted by molar-refractivity contribution is 7.99. The molecule has 0 bridgehead atoms. The van der Waals surface area contributed by atoms with Gasteiger partial charge in [0.25, 0.3) is 0 Å². The number of benzene rings is 2. The second-order valence-corrected chi connectivity index (χ2v) is 6.19. The number of rotatable bonds is 7. The first-order valence-electron chi connectivity index (χ1n) is 7.23. The van der Waals surface area contributed by atoms with Crippen LogP contribution >= 0.6 is 11.8 Å². The molecular formula is C18H23NS. The molecule has 1 atom stereocenters. The van der Waals surface area contributed by atoms with Gasteiger partial charge in [-0.3, -0.25) is 0 Å². The largest absolute Gasteiger partial charge is 0.313 e. The Morgan fingerprint density at radius 2 is 1.70 bits per heavy atom. The molecule has 0 saturated heterocycles. The van der Waals surface area contributed by atoms with Crippen LogP contribution in [-0.4, -0.2) is 12.8 Å². The third-order valence-electron chi connectivity index (χ3n) is 3.53. The van der Waals surface area contributed by atoms with Gasteiger partial charge in [-0.25, -0.2) is 0 Å². The van der Waals surface area contributed by atoms with Crippen LogP contribution in [0.25, 0.3) is 0 Å². The van der Waals surface area contributed by atoms with Gasteiger partial charge in [-0.15, -0.1) is 11.8 Å². The molecule has 0 fully saturated rings. The van der Waals surface area contributed by atoms with Gasteiger partial charge in [-0.1, -0.05) is 42.5 Å². The molecule has 0 aromatic heterocycles. The van der Waals surface area contributed by atoms with Crippen LogP contribution in [0.2, 0.25) is 0 Å². The molecule has 0 radical (unpaired) electrons. The minimum absolute atomic E-state index is 0.423. The summed E-state index contributed by atoms with van der Waals surface area (Å²) in [7, 11) is 2.00. The maximum atomic E-state index is 3.26. The second kappa shape index (κ2) is 8.13. The Bertz CT molecular complexity index is 493. The SMILES string of the molecule is CNC(C)c1ccc(SCCCc2ccccc2)cc1. The van der Waals surface area contributed by atoms with Crippen molar-refractivity contribution in [3.05, 3.63) is 65.7 Å². The summed E-state index contributed by atoms with van der Waals surface area (Å²) >= 11 is 1.95. The Morgan fingerprint density at radius 1 is 1.00 bits per heavy atom. The molecule has 1 unspecified atom stereocenters. The Morgan fingerprint density at radius 3 is 2.35 bits per heavy atom. The molecule has 0 spiro atoms. The van der Waals surface area contributed by atoms with Crippen molar-refractivity contribution >= 4 is 11.8 Å². The minimum Gasteiger partial charge on any atom is -0.313 e. The molecule has 0 aliphatic heterocycles. The van der Waals surface area contributed by atoms with Gasteiger partial charge in [-0.2, -0.15) is 0 Å². The third-order valence-corrected chi connectivity index (χ3v) is 4.63. The predicted molar refractivity (Wildman–Crippen MR) is 89.4 cm³/mol. The summed E-state index contributed by atoms with van der Waals surface area (Å²) in [4.78, 5) is 1.37. The van der Waals surface area contributed by atoms with Crippen molar-refractivity contribution in [3.63, 3.8) is 0 Å². The van der Waals surface area contributed by atoms with E-state index < -0.39 is 0 Å². The van der Waals surface area contributed by atoms with Gasteiger partial charge in [0.2, 0.25) is 0 Å². The van der Waals surface area contributed by atoms with Gasteiger partial charge < -0.3 is 5.32 Å². The lowest BCUT2D eigenvalue weighted by Gasteiger charge is -2.11. The minimum atomic E-state index is 0.423. The number of hydrogen-bond acceptors (Lipinski definition) is 2. The smallest absolute Gasteiger partial charge is 0.0289 e. The fourth-order valence-electron chi connectivity index (χ4n) is 2.13. The van der Waals surface area contributed by atoms with Gasteiger partial charge in [-0.05, 0) is 55.8 Å². The van der Waals surface area contributed by atoms with Gasteiger partial charge in [0.15, 0.2) is 0 Å². The summed E-state index contributed by atoms with van der Waals surface area (Å²) in [5.41, 5.74) is 2.78. The molecule has 2 rings (SSSR count). The van der Waals surface area contributed by atoms with Crippen molar-refractivity contribution < 1.29 is 0 Å². The fourth-order valence-corrected chi connectivity index (χ4v) is 2.98. The average Bonchev–Trinajstić information content (AvgIpc) is 2.52. The zero-order valence-corrected chi connectivity index (χ0v) is 13.1. The van der Waals surface area contributed by atoms with E-state index in [9.17, 15) is 0 Å². The number of aryl methyl sites for hydroxylation is 1. The molecule has 0 aliphatic carbocycles. The molecule has 0 aliphatic rings. The van der Waals surface area contributed by atoms with Crippen LogP contribution in [0.4, 0.5) is 0 Å². The van der Waals surface area contributed by atoms with Gasteiger partial charge in [0.05, 0.1) is 0 Å². The zero-order chi connectivity index (χ0) is 14.2. The van der Waals surface area contributed by atoms with Crippen LogP contribution < -0.4 is 5.32 Å². The Balaban J connectivity index is 1.74. The van der Waals surface area contributed by atoms with E-state index in [1.165, 1.54) is 34.6 Å². The molecule has 1 nitrogen and oxygen atoms in total. The highest BCUT2D eigenvalue weighted by Crippen LogP contribution is 2.22. The molecule has 2 aromatic carbocycles. The molecular weight excluding hydrogens is 262 g/mol. The van der Waals surface area contributed by atoms with Crippen molar-refractivity contribution in [1.82, 2.24) is 5.32 Å². The topological polar surface area (TPSA) is 12.0 Å². The molecule has 0 saturated carbocycles. The molecule has 106 valence electrons. The summed E-state index contributed by atoms with van der Waals surface area (Å²) in [6, 6.07) is 20.1. The van der Waals surface area contributed by atoms with E-state index in [1.54, 1.807) is 0 Å². The van der Waals surface area contributed by atoms with Crippen molar-refractivity contribution in [2.45, 2.75) is 30.7 Å². The lowest BCUT2D eigenvalue weighted by Crippen LogP contribution is -2.11. The van der Waals surface area contributed by atoms with Crippen molar-refractivity contribution in [3.8, 4) is 0 Å². The first-order valence-corrected chi connectivity index (χ1v) is 8.22. The Kier molecular flexibility index (Phi) is 6.16. The summed E-state index contributed by atoms with van der Waals surface area (Å²) in [6.07, 6.45) is 2.39. The normalized spacial score (nSPS) is 12.3. The quantitative estimate of drug-likeness (QED) is 0.585. The molecule has 1 N–H and O–H groups in total. The highest BCUT2D eigenvalue weighted by atomic mass is 32.2. The summed E-state index contributed by atoms with van der Waals surface area (Å²) < 4.78 is 0. The van der Waals surface area contributed by atoms with Crippen molar-refractivity contribution in [2.75, 3.05) is 12.8 Å². The Hall–Kier alpha value is -1.25. The van der Waals surface area contributed by atoms with Gasteiger partial charge >= 0.3 is 0 Å². The maximum absolute atomic E-state index is 3.26. The number of hydrogen-bond donors (Lipinski definition) is 1. The maximum Gasteiger partial charge on any atom is 0.0289 e. The number of thioether (sulfide) groups is 1. The molecule has 0 amide bonds. The third kappa shape index (κ3) is 4.69. The first-order chi connectivity index (χ1) is 9.79. The van der Waals surface area contributed by atoms with E-state index in [0.29, 0.717) is 6.04 Å². The van der Waals surface area contributed by atoms with Crippen LogP contribution in [-0.2, 0) is 6.42 Å². The van der Waals surface area contributed by atoms with E-state index >= 15 is 0 Å². The lowest BCUT2D eigenvalue weighted by atomic mass is 10.1.